The molecule has 1 atom stereocenters. The molecule has 1 fully saturated rings. The number of carbonyl (C=O) groups is 2. The van der Waals surface area contributed by atoms with Crippen molar-refractivity contribution in [3.05, 3.63) is 68.5 Å². The average molecular weight is 522 g/mol. The number of carbonyl (C=O) groups excluding carboxylic acids is 1. The number of halogens is 1. The van der Waals surface area contributed by atoms with E-state index in [1.807, 2.05) is 33.7 Å². The SMILES string of the molecule is Cn1c(=O)c2c(nc(N3CCC[C@@H](NC(=O)O)C3)n2Cc2ccccc2Cl)c2cc3c(cc21)C(=O)OC3. The fourth-order valence-electron chi connectivity index (χ4n) is 5.38. The topological polar surface area (TPSA) is 119 Å². The summed E-state index contributed by atoms with van der Waals surface area (Å²) in [7, 11) is 1.68. The number of ether oxygens (including phenoxy) is 1. The lowest BCUT2D eigenvalue weighted by Crippen LogP contribution is -2.48. The number of hydrogen-bond acceptors (Lipinski definition) is 6. The van der Waals surface area contributed by atoms with E-state index in [-0.39, 0.29) is 18.2 Å². The van der Waals surface area contributed by atoms with Gasteiger partial charge >= 0.3 is 12.1 Å². The summed E-state index contributed by atoms with van der Waals surface area (Å²) in [5.41, 5.74) is 3.32. The molecule has 1 amide bonds. The van der Waals surface area contributed by atoms with E-state index in [1.54, 1.807) is 19.2 Å². The number of rotatable bonds is 4. The van der Waals surface area contributed by atoms with Gasteiger partial charge in [0.25, 0.3) is 5.56 Å². The Morgan fingerprint density at radius 3 is 2.86 bits per heavy atom. The first-order valence-corrected chi connectivity index (χ1v) is 12.4. The summed E-state index contributed by atoms with van der Waals surface area (Å²) in [4.78, 5) is 44.3. The second-order valence-corrected chi connectivity index (χ2v) is 9.90. The van der Waals surface area contributed by atoms with Crippen LogP contribution in [0.1, 0.15) is 34.3 Å². The second-order valence-electron chi connectivity index (χ2n) is 9.49. The molecule has 1 saturated heterocycles. The van der Waals surface area contributed by atoms with E-state index in [4.69, 9.17) is 21.3 Å². The zero-order chi connectivity index (χ0) is 25.8. The minimum absolute atomic E-state index is 0.177. The largest absolute Gasteiger partial charge is 0.465 e. The zero-order valence-electron chi connectivity index (χ0n) is 20.0. The van der Waals surface area contributed by atoms with E-state index in [9.17, 15) is 19.5 Å². The van der Waals surface area contributed by atoms with E-state index in [1.165, 1.54) is 4.57 Å². The Kier molecular flexibility index (Phi) is 5.56. The molecule has 0 aliphatic carbocycles. The summed E-state index contributed by atoms with van der Waals surface area (Å²) >= 11 is 6.50. The van der Waals surface area contributed by atoms with Gasteiger partial charge in [0.2, 0.25) is 5.95 Å². The van der Waals surface area contributed by atoms with Crippen molar-refractivity contribution >= 4 is 51.5 Å². The van der Waals surface area contributed by atoms with Crippen LogP contribution in [-0.2, 0) is 24.9 Å². The molecule has 0 spiro atoms. The zero-order valence-corrected chi connectivity index (χ0v) is 20.8. The van der Waals surface area contributed by atoms with Gasteiger partial charge < -0.3 is 29.2 Å². The predicted octanol–water partition coefficient (Wildman–Crippen LogP) is 3.50. The first kappa shape index (κ1) is 23.4. The number of carboxylic acid groups (broad SMARTS) is 1. The quantitative estimate of drug-likeness (QED) is 0.394. The summed E-state index contributed by atoms with van der Waals surface area (Å²) < 4.78 is 8.61. The molecule has 0 bridgehead atoms. The molecular formula is C26H24ClN5O5. The third-order valence-electron chi connectivity index (χ3n) is 7.19. The van der Waals surface area contributed by atoms with Gasteiger partial charge in [-0.3, -0.25) is 4.79 Å². The minimum atomic E-state index is -1.07. The Labute approximate surface area is 216 Å². The van der Waals surface area contributed by atoms with Crippen molar-refractivity contribution in [2.24, 2.45) is 7.05 Å². The Balaban J connectivity index is 1.60. The number of amides is 1. The summed E-state index contributed by atoms with van der Waals surface area (Å²) in [6.45, 7) is 1.58. The highest BCUT2D eigenvalue weighted by Gasteiger charge is 2.29. The van der Waals surface area contributed by atoms with E-state index in [0.717, 1.165) is 29.4 Å². The van der Waals surface area contributed by atoms with Crippen LogP contribution in [0.2, 0.25) is 5.02 Å². The van der Waals surface area contributed by atoms with Gasteiger partial charge in [0.05, 0.1) is 17.6 Å². The highest BCUT2D eigenvalue weighted by Crippen LogP contribution is 2.33. The third kappa shape index (κ3) is 3.88. The summed E-state index contributed by atoms with van der Waals surface area (Å²) in [5.74, 6) is 0.170. The number of fused-ring (bicyclic) bond motifs is 4. The maximum atomic E-state index is 13.8. The molecule has 2 aliphatic heterocycles. The van der Waals surface area contributed by atoms with Crippen LogP contribution in [0.3, 0.4) is 0 Å². The maximum Gasteiger partial charge on any atom is 0.404 e. The number of aryl methyl sites for hydroxylation is 1. The number of esters is 1. The van der Waals surface area contributed by atoms with Gasteiger partial charge in [0.15, 0.2) is 0 Å². The van der Waals surface area contributed by atoms with Crippen molar-refractivity contribution in [3.63, 3.8) is 0 Å². The molecule has 0 unspecified atom stereocenters. The van der Waals surface area contributed by atoms with Gasteiger partial charge in [-0.25, -0.2) is 14.6 Å². The van der Waals surface area contributed by atoms with Crippen molar-refractivity contribution in [2.45, 2.75) is 32.0 Å². The molecule has 6 rings (SSSR count). The minimum Gasteiger partial charge on any atom is -0.465 e. The monoisotopic (exact) mass is 521 g/mol. The van der Waals surface area contributed by atoms with Crippen LogP contribution in [0.15, 0.2) is 41.2 Å². The van der Waals surface area contributed by atoms with Crippen molar-refractivity contribution in [1.29, 1.82) is 0 Å². The van der Waals surface area contributed by atoms with Gasteiger partial charge in [-0.1, -0.05) is 29.8 Å². The Bertz CT molecular complexity index is 1660. The van der Waals surface area contributed by atoms with Crippen LogP contribution in [0.4, 0.5) is 10.7 Å². The molecule has 10 nitrogen and oxygen atoms in total. The molecule has 2 aliphatic rings. The van der Waals surface area contributed by atoms with Crippen molar-refractivity contribution < 1.29 is 19.4 Å². The van der Waals surface area contributed by atoms with Gasteiger partial charge in [-0.05, 0) is 36.6 Å². The number of aromatic nitrogens is 3. The lowest BCUT2D eigenvalue weighted by atomic mass is 10.0. The van der Waals surface area contributed by atoms with E-state index >= 15 is 0 Å². The molecule has 11 heteroatoms. The van der Waals surface area contributed by atoms with Crippen LogP contribution in [0.5, 0.6) is 0 Å². The fourth-order valence-corrected chi connectivity index (χ4v) is 5.58. The third-order valence-corrected chi connectivity index (χ3v) is 7.56. The van der Waals surface area contributed by atoms with Crippen molar-refractivity contribution in [2.75, 3.05) is 18.0 Å². The lowest BCUT2D eigenvalue weighted by molar-refractivity contribution is 0.0535. The highest BCUT2D eigenvalue weighted by atomic mass is 35.5. The molecule has 190 valence electrons. The number of hydrogen-bond donors (Lipinski definition) is 2. The summed E-state index contributed by atoms with van der Waals surface area (Å²) in [6.07, 6.45) is 0.423. The molecule has 4 heterocycles. The first-order valence-electron chi connectivity index (χ1n) is 12.0. The number of piperidine rings is 1. The standard InChI is InChI=1S/C26H24ClN5O5/c1-30-20-10-17-15(13-37-24(17)34)9-18(20)21-22(23(30)33)32(11-14-5-2-3-7-19(14)27)25(29-21)31-8-4-6-16(12-31)28-26(35)36/h2-3,5,7,9-10,16,28H,4,6,8,11-13H2,1H3,(H,35,36)/t16-/m1/s1. The van der Waals surface area contributed by atoms with Crippen LogP contribution >= 0.6 is 11.6 Å². The molecule has 4 aromatic rings. The maximum absolute atomic E-state index is 13.8. The fraction of sp³-hybridized carbons (Fsp3) is 0.308. The number of imidazole rings is 1. The van der Waals surface area contributed by atoms with Gasteiger partial charge in [-0.2, -0.15) is 0 Å². The van der Waals surface area contributed by atoms with Crippen LogP contribution < -0.4 is 15.8 Å². The van der Waals surface area contributed by atoms with Gasteiger partial charge in [0.1, 0.15) is 17.6 Å². The summed E-state index contributed by atoms with van der Waals surface area (Å²) in [5, 5.41) is 13.2. The van der Waals surface area contributed by atoms with Crippen LogP contribution in [0, 0.1) is 0 Å². The Morgan fingerprint density at radius 2 is 2.08 bits per heavy atom. The second kappa shape index (κ2) is 8.81. The van der Waals surface area contributed by atoms with Crippen molar-refractivity contribution in [1.82, 2.24) is 19.4 Å². The molecule has 0 radical (unpaired) electrons. The molecular weight excluding hydrogens is 498 g/mol. The molecule has 2 aromatic carbocycles. The molecule has 2 N–H and O–H groups in total. The average Bonchev–Trinajstić information content (AvgIpc) is 3.43. The molecule has 2 aromatic heterocycles. The first-order chi connectivity index (χ1) is 17.8. The van der Waals surface area contributed by atoms with Crippen LogP contribution in [-0.4, -0.2) is 50.4 Å². The lowest BCUT2D eigenvalue weighted by Gasteiger charge is -2.33. The number of anilines is 1. The number of nitrogens with zero attached hydrogens (tertiary/aromatic N) is 4. The highest BCUT2D eigenvalue weighted by molar-refractivity contribution is 6.31. The molecule has 37 heavy (non-hydrogen) atoms. The van der Waals surface area contributed by atoms with E-state index in [2.05, 4.69) is 5.32 Å². The summed E-state index contributed by atoms with van der Waals surface area (Å²) in [6, 6.07) is 10.8. The normalized spacial score (nSPS) is 17.3. The number of benzene rings is 2. The van der Waals surface area contributed by atoms with Crippen molar-refractivity contribution in [3.8, 4) is 0 Å². The predicted molar refractivity (Wildman–Crippen MR) is 139 cm³/mol. The van der Waals surface area contributed by atoms with E-state index in [0.29, 0.717) is 52.7 Å². The van der Waals surface area contributed by atoms with E-state index < -0.39 is 12.1 Å². The smallest absolute Gasteiger partial charge is 0.404 e. The van der Waals surface area contributed by atoms with Gasteiger partial charge in [-0.15, -0.1) is 0 Å². The number of pyridine rings is 1. The van der Waals surface area contributed by atoms with Gasteiger partial charge in [0, 0.05) is 42.2 Å². The number of cyclic esters (lactones) is 1. The van der Waals surface area contributed by atoms with Crippen LogP contribution in [0.25, 0.3) is 21.9 Å². The Morgan fingerprint density at radius 1 is 1.27 bits per heavy atom. The number of nitrogens with one attached hydrogen (secondary N) is 1. The Hall–Kier alpha value is -4.05. The molecule has 0 saturated carbocycles.